The molecule has 0 aliphatic carbocycles. The van der Waals surface area contributed by atoms with E-state index in [-0.39, 0.29) is 31.1 Å². The Morgan fingerprint density at radius 1 is 0.280 bits per heavy atom. The summed E-state index contributed by atoms with van der Waals surface area (Å²) in [7, 11) is 0. The van der Waals surface area contributed by atoms with Crippen molar-refractivity contribution in [3.8, 4) is 0 Å². The first-order valence-corrected chi connectivity index (χ1v) is 32.1. The molecule has 0 heterocycles. The summed E-state index contributed by atoms with van der Waals surface area (Å²) in [5.74, 6) is -0.877. The summed E-state index contributed by atoms with van der Waals surface area (Å²) < 4.78 is 16.9. The van der Waals surface area contributed by atoms with Crippen LogP contribution in [0.2, 0.25) is 0 Å². The molecule has 0 rings (SSSR count). The third-order valence-corrected chi connectivity index (χ3v) is 13.9. The van der Waals surface area contributed by atoms with Crippen LogP contribution in [-0.2, 0) is 28.6 Å². The van der Waals surface area contributed by atoms with E-state index >= 15 is 0 Å². The second-order valence-electron chi connectivity index (χ2n) is 21.3. The molecule has 0 saturated carbocycles. The van der Waals surface area contributed by atoms with Gasteiger partial charge in [0.05, 0.1) is 0 Å². The summed E-state index contributed by atoms with van der Waals surface area (Å²) >= 11 is 0. The van der Waals surface area contributed by atoms with Gasteiger partial charge in [0, 0.05) is 19.3 Å². The molecule has 1 atom stereocenters. The Morgan fingerprint density at radius 2 is 0.520 bits per heavy atom. The number of hydrogen-bond donors (Lipinski definition) is 0. The smallest absolute Gasteiger partial charge is 0.306 e. The lowest BCUT2D eigenvalue weighted by atomic mass is 10.0. The van der Waals surface area contributed by atoms with Crippen LogP contribution in [0.5, 0.6) is 0 Å². The fraction of sp³-hybridized carbons (Fsp3) is 0.754. The van der Waals surface area contributed by atoms with Crippen molar-refractivity contribution in [2.45, 2.75) is 322 Å². The second-order valence-corrected chi connectivity index (χ2v) is 21.3. The van der Waals surface area contributed by atoms with Gasteiger partial charge in [0.25, 0.3) is 0 Å². The summed E-state index contributed by atoms with van der Waals surface area (Å²) in [5, 5.41) is 0. The van der Waals surface area contributed by atoms with Crippen molar-refractivity contribution in [2.24, 2.45) is 0 Å². The Labute approximate surface area is 465 Å². The lowest BCUT2D eigenvalue weighted by molar-refractivity contribution is -0.167. The summed E-state index contributed by atoms with van der Waals surface area (Å²) in [4.78, 5) is 38.1. The van der Waals surface area contributed by atoms with Crippen LogP contribution in [-0.4, -0.2) is 37.2 Å². The van der Waals surface area contributed by atoms with E-state index in [9.17, 15) is 14.4 Å². The van der Waals surface area contributed by atoms with Crippen molar-refractivity contribution in [1.29, 1.82) is 0 Å². The summed E-state index contributed by atoms with van der Waals surface area (Å²) in [6.45, 7) is 6.50. The molecule has 432 valence electrons. The minimum atomic E-state index is -0.777. The SMILES string of the molecule is CC/C=C\C/C=C\C/C=C\C/C=C\C/C=C\CCCCCCCCCCCCCCCCCC(=O)OCC(COC(=O)CCCCCCCCCC)OC(=O)CCCCCCCCC/C=C\C/C=C\CCCCCC. The van der Waals surface area contributed by atoms with E-state index in [1.165, 1.54) is 173 Å². The molecular weight excluding hydrogens is 925 g/mol. The van der Waals surface area contributed by atoms with Crippen molar-refractivity contribution < 1.29 is 28.6 Å². The lowest BCUT2D eigenvalue weighted by Crippen LogP contribution is -2.30. The third-order valence-electron chi connectivity index (χ3n) is 13.9. The van der Waals surface area contributed by atoms with Crippen LogP contribution in [0.4, 0.5) is 0 Å². The molecule has 0 aliphatic rings. The van der Waals surface area contributed by atoms with Crippen molar-refractivity contribution in [1.82, 2.24) is 0 Å². The predicted molar refractivity (Wildman–Crippen MR) is 325 cm³/mol. The maximum absolute atomic E-state index is 12.9. The zero-order chi connectivity index (χ0) is 54.3. The number of allylic oxidation sites excluding steroid dienone is 14. The van der Waals surface area contributed by atoms with Gasteiger partial charge in [0.15, 0.2) is 6.10 Å². The fourth-order valence-electron chi connectivity index (χ4n) is 9.09. The van der Waals surface area contributed by atoms with Gasteiger partial charge in [0.2, 0.25) is 0 Å². The van der Waals surface area contributed by atoms with E-state index in [4.69, 9.17) is 14.2 Å². The zero-order valence-electron chi connectivity index (χ0n) is 49.6. The van der Waals surface area contributed by atoms with E-state index < -0.39 is 6.10 Å². The molecule has 0 N–H and O–H groups in total. The Bertz CT molecular complexity index is 1430. The monoisotopic (exact) mass is 1040 g/mol. The molecule has 0 aromatic carbocycles. The molecule has 0 bridgehead atoms. The largest absolute Gasteiger partial charge is 0.462 e. The highest BCUT2D eigenvalue weighted by molar-refractivity contribution is 5.71. The molecule has 0 aliphatic heterocycles. The maximum Gasteiger partial charge on any atom is 0.306 e. The molecule has 0 radical (unpaired) electrons. The number of rotatable bonds is 58. The molecule has 0 spiro atoms. The Kier molecular flexibility index (Phi) is 60.3. The van der Waals surface area contributed by atoms with Crippen molar-refractivity contribution in [3.63, 3.8) is 0 Å². The fourth-order valence-corrected chi connectivity index (χ4v) is 9.09. The molecule has 75 heavy (non-hydrogen) atoms. The number of esters is 3. The van der Waals surface area contributed by atoms with Gasteiger partial charge in [-0.25, -0.2) is 0 Å². The number of hydrogen-bond acceptors (Lipinski definition) is 6. The van der Waals surface area contributed by atoms with E-state index in [2.05, 4.69) is 106 Å². The highest BCUT2D eigenvalue weighted by atomic mass is 16.6. The standard InChI is InChI=1S/C69H120O6/c1-4-7-10-13-16-19-21-23-25-27-29-30-31-32-33-34-35-36-37-38-39-40-41-43-44-46-48-50-53-56-59-62-68(71)74-65-66(64-73-67(70)61-58-55-52-18-15-12-9-6-3)75-69(72)63-60-57-54-51-49-47-45-42-28-26-24-22-20-17-14-11-8-5-2/h7,10,16,19-20,22-23,25-26,28-30,32-33,66H,4-6,8-9,11-15,17-18,21,24,27,31,34-65H2,1-3H3/b10-7-,19-16-,22-20-,25-23-,28-26-,30-29-,33-32-. The first kappa shape index (κ1) is 71.6. The van der Waals surface area contributed by atoms with Crippen LogP contribution in [0.25, 0.3) is 0 Å². The van der Waals surface area contributed by atoms with Crippen molar-refractivity contribution in [3.05, 3.63) is 85.1 Å². The minimum Gasteiger partial charge on any atom is -0.462 e. The van der Waals surface area contributed by atoms with E-state index in [0.29, 0.717) is 19.3 Å². The predicted octanol–water partition coefficient (Wildman–Crippen LogP) is 21.9. The summed E-state index contributed by atoms with van der Waals surface area (Å²) in [6, 6.07) is 0. The first-order chi connectivity index (χ1) is 37.0. The van der Waals surface area contributed by atoms with Gasteiger partial charge in [-0.15, -0.1) is 0 Å². The van der Waals surface area contributed by atoms with Gasteiger partial charge in [-0.1, -0.05) is 286 Å². The molecule has 0 fully saturated rings. The van der Waals surface area contributed by atoms with Gasteiger partial charge in [-0.05, 0) is 96.3 Å². The van der Waals surface area contributed by atoms with Gasteiger partial charge >= 0.3 is 17.9 Å². The van der Waals surface area contributed by atoms with E-state index in [1.807, 2.05) is 0 Å². The molecule has 6 heteroatoms. The van der Waals surface area contributed by atoms with Crippen molar-refractivity contribution >= 4 is 17.9 Å². The summed E-state index contributed by atoms with van der Waals surface area (Å²) in [6.07, 6.45) is 83.2. The number of carbonyl (C=O) groups excluding carboxylic acids is 3. The van der Waals surface area contributed by atoms with Crippen LogP contribution in [0.1, 0.15) is 316 Å². The van der Waals surface area contributed by atoms with Crippen LogP contribution in [0, 0.1) is 0 Å². The van der Waals surface area contributed by atoms with Crippen LogP contribution < -0.4 is 0 Å². The van der Waals surface area contributed by atoms with Crippen molar-refractivity contribution in [2.75, 3.05) is 13.2 Å². The average Bonchev–Trinajstić information content (AvgIpc) is 3.41. The second kappa shape index (κ2) is 63.1. The van der Waals surface area contributed by atoms with Gasteiger partial charge < -0.3 is 14.2 Å². The van der Waals surface area contributed by atoms with Gasteiger partial charge in [-0.2, -0.15) is 0 Å². The summed E-state index contributed by atoms with van der Waals surface area (Å²) in [5.41, 5.74) is 0. The molecule has 0 saturated heterocycles. The maximum atomic E-state index is 12.9. The molecular formula is C69H120O6. The minimum absolute atomic E-state index is 0.0760. The van der Waals surface area contributed by atoms with Gasteiger partial charge in [0.1, 0.15) is 13.2 Å². The number of carbonyl (C=O) groups is 3. The lowest BCUT2D eigenvalue weighted by Gasteiger charge is -2.18. The zero-order valence-corrected chi connectivity index (χ0v) is 49.6. The van der Waals surface area contributed by atoms with Gasteiger partial charge in [-0.3, -0.25) is 14.4 Å². The first-order valence-electron chi connectivity index (χ1n) is 32.1. The molecule has 0 aromatic rings. The number of unbranched alkanes of at least 4 members (excludes halogenated alkanes) is 33. The topological polar surface area (TPSA) is 78.9 Å². The highest BCUT2D eigenvalue weighted by Crippen LogP contribution is 2.16. The Balaban J connectivity index is 4.11. The van der Waals surface area contributed by atoms with Crippen LogP contribution in [0.15, 0.2) is 85.1 Å². The van der Waals surface area contributed by atoms with E-state index in [0.717, 1.165) is 103 Å². The van der Waals surface area contributed by atoms with E-state index in [1.54, 1.807) is 0 Å². The quantitative estimate of drug-likeness (QED) is 0.0261. The third kappa shape index (κ3) is 61.3. The Morgan fingerprint density at radius 3 is 0.827 bits per heavy atom. The van der Waals surface area contributed by atoms with Crippen LogP contribution in [0.3, 0.4) is 0 Å². The van der Waals surface area contributed by atoms with Crippen LogP contribution >= 0.6 is 0 Å². The highest BCUT2D eigenvalue weighted by Gasteiger charge is 2.19. The molecule has 6 nitrogen and oxygen atoms in total. The molecule has 1 unspecified atom stereocenters. The molecule has 0 amide bonds. The molecule has 0 aromatic heterocycles. The number of ether oxygens (including phenoxy) is 3. The Hall–Kier alpha value is -3.41. The normalized spacial score (nSPS) is 12.6. The average molecular weight is 1050 g/mol.